The molecule has 0 aliphatic heterocycles. The molecule has 0 unspecified atom stereocenters. The fourth-order valence-electron chi connectivity index (χ4n) is 2.78. The number of nitrogens with zero attached hydrogens (tertiary/aromatic N) is 2. The maximum atomic E-state index is 5.36. The molecular weight excluding hydrogens is 346 g/mol. The van der Waals surface area contributed by atoms with Crippen molar-refractivity contribution in [2.24, 2.45) is 4.99 Å². The second kappa shape index (κ2) is 7.01. The summed E-state index contributed by atoms with van der Waals surface area (Å²) in [6.07, 6.45) is 3.80. The van der Waals surface area contributed by atoms with E-state index in [1.54, 1.807) is 14.2 Å². The van der Waals surface area contributed by atoms with Gasteiger partial charge in [0.2, 0.25) is 5.13 Å². The predicted octanol–water partition coefficient (Wildman–Crippen LogP) is 5.06. The van der Waals surface area contributed by atoms with Crippen molar-refractivity contribution in [1.29, 1.82) is 0 Å². The number of thiazole rings is 1. The van der Waals surface area contributed by atoms with Crippen molar-refractivity contribution >= 4 is 33.6 Å². The molecule has 0 bridgehead atoms. The molecule has 0 amide bonds. The number of aliphatic imine (C=N–C) groups is 1. The third-order valence-corrected chi connectivity index (χ3v) is 4.86. The maximum absolute atomic E-state index is 5.36. The lowest BCUT2D eigenvalue weighted by atomic mass is 10.1. The molecule has 5 nitrogen and oxygen atoms in total. The molecule has 0 saturated heterocycles. The quantitative estimate of drug-likeness (QED) is 0.504. The van der Waals surface area contributed by atoms with Crippen LogP contribution >= 0.6 is 11.3 Å². The number of H-pyrrole nitrogens is 1. The Morgan fingerprint density at radius 1 is 1.08 bits per heavy atom. The van der Waals surface area contributed by atoms with E-state index in [9.17, 15) is 0 Å². The van der Waals surface area contributed by atoms with E-state index >= 15 is 0 Å². The molecule has 26 heavy (non-hydrogen) atoms. The zero-order chi connectivity index (χ0) is 17.9. The molecular formula is C20H17N3O2S. The van der Waals surface area contributed by atoms with Gasteiger partial charge in [0, 0.05) is 39.8 Å². The average Bonchev–Trinajstić information content (AvgIpc) is 3.33. The van der Waals surface area contributed by atoms with Crippen LogP contribution in [-0.4, -0.2) is 30.4 Å². The van der Waals surface area contributed by atoms with Crippen molar-refractivity contribution in [1.82, 2.24) is 9.97 Å². The summed E-state index contributed by atoms with van der Waals surface area (Å²) >= 11 is 1.50. The van der Waals surface area contributed by atoms with Crippen LogP contribution in [0.3, 0.4) is 0 Å². The average molecular weight is 363 g/mol. The van der Waals surface area contributed by atoms with Gasteiger partial charge < -0.3 is 14.5 Å². The SMILES string of the molecule is COc1ccc(-c2csc(N=Cc3c[nH]c4ccccc34)n2)cc1OC. The molecule has 0 radical (unpaired) electrons. The second-order valence-corrected chi connectivity index (χ2v) is 6.47. The number of para-hydroxylation sites is 1. The molecule has 0 spiro atoms. The molecule has 1 N–H and O–H groups in total. The highest BCUT2D eigenvalue weighted by Crippen LogP contribution is 2.34. The predicted molar refractivity (Wildman–Crippen MR) is 106 cm³/mol. The van der Waals surface area contributed by atoms with Gasteiger partial charge in [0.25, 0.3) is 0 Å². The Morgan fingerprint density at radius 2 is 1.92 bits per heavy atom. The monoisotopic (exact) mass is 363 g/mol. The first-order valence-corrected chi connectivity index (χ1v) is 8.94. The summed E-state index contributed by atoms with van der Waals surface area (Å²) in [7, 11) is 3.25. The summed E-state index contributed by atoms with van der Waals surface area (Å²) in [6.45, 7) is 0. The summed E-state index contributed by atoms with van der Waals surface area (Å²) in [5.41, 5.74) is 3.97. The molecule has 4 aromatic rings. The van der Waals surface area contributed by atoms with Crippen LogP contribution in [0, 0.1) is 0 Å². The molecule has 0 atom stereocenters. The first-order chi connectivity index (χ1) is 12.8. The van der Waals surface area contributed by atoms with Gasteiger partial charge in [-0.25, -0.2) is 9.98 Å². The Morgan fingerprint density at radius 3 is 2.77 bits per heavy atom. The van der Waals surface area contributed by atoms with E-state index in [1.807, 2.05) is 54.2 Å². The van der Waals surface area contributed by atoms with Crippen molar-refractivity contribution in [2.75, 3.05) is 14.2 Å². The number of fused-ring (bicyclic) bond motifs is 1. The largest absolute Gasteiger partial charge is 0.493 e. The molecule has 2 aromatic heterocycles. The van der Waals surface area contributed by atoms with Crippen molar-refractivity contribution in [2.45, 2.75) is 0 Å². The first kappa shape index (κ1) is 16.4. The summed E-state index contributed by atoms with van der Waals surface area (Å²) in [5, 5.41) is 3.84. The van der Waals surface area contributed by atoms with Gasteiger partial charge in [-0.05, 0) is 24.3 Å². The molecule has 0 aliphatic carbocycles. The Bertz CT molecular complexity index is 1080. The lowest BCUT2D eigenvalue weighted by Gasteiger charge is -2.08. The van der Waals surface area contributed by atoms with Crippen LogP contribution in [0.25, 0.3) is 22.2 Å². The van der Waals surface area contributed by atoms with E-state index in [2.05, 4.69) is 21.0 Å². The highest BCUT2D eigenvalue weighted by Gasteiger charge is 2.09. The van der Waals surface area contributed by atoms with Gasteiger partial charge in [-0.2, -0.15) is 0 Å². The second-order valence-electron chi connectivity index (χ2n) is 5.63. The number of nitrogens with one attached hydrogen (secondary N) is 1. The zero-order valence-electron chi connectivity index (χ0n) is 14.4. The van der Waals surface area contributed by atoms with E-state index in [0.717, 1.165) is 27.7 Å². The molecule has 0 fully saturated rings. The van der Waals surface area contributed by atoms with Crippen LogP contribution in [0.5, 0.6) is 11.5 Å². The van der Waals surface area contributed by atoms with Gasteiger partial charge >= 0.3 is 0 Å². The number of aromatic amines is 1. The number of rotatable bonds is 5. The van der Waals surface area contributed by atoms with Gasteiger partial charge in [0.15, 0.2) is 11.5 Å². The number of hydrogen-bond donors (Lipinski definition) is 1. The minimum atomic E-state index is 0.682. The van der Waals surface area contributed by atoms with Gasteiger partial charge in [-0.3, -0.25) is 0 Å². The fourth-order valence-corrected chi connectivity index (χ4v) is 3.45. The smallest absolute Gasteiger partial charge is 0.209 e. The molecule has 2 aromatic carbocycles. The topological polar surface area (TPSA) is 59.5 Å². The Labute approximate surface area is 155 Å². The van der Waals surface area contributed by atoms with E-state index in [0.29, 0.717) is 16.6 Å². The van der Waals surface area contributed by atoms with Crippen LogP contribution < -0.4 is 9.47 Å². The van der Waals surface area contributed by atoms with Gasteiger partial charge in [-0.1, -0.05) is 18.2 Å². The normalized spacial score (nSPS) is 11.3. The first-order valence-electron chi connectivity index (χ1n) is 8.06. The molecule has 6 heteroatoms. The highest BCUT2D eigenvalue weighted by atomic mass is 32.1. The molecule has 2 heterocycles. The molecule has 4 rings (SSSR count). The molecule has 130 valence electrons. The third kappa shape index (κ3) is 3.07. The van der Waals surface area contributed by atoms with Crippen LogP contribution in [-0.2, 0) is 0 Å². The van der Waals surface area contributed by atoms with Gasteiger partial charge in [0.05, 0.1) is 19.9 Å². The van der Waals surface area contributed by atoms with Crippen molar-refractivity contribution in [3.8, 4) is 22.8 Å². The number of hydrogen-bond acceptors (Lipinski definition) is 5. The van der Waals surface area contributed by atoms with Gasteiger partial charge in [-0.15, -0.1) is 11.3 Å². The number of aromatic nitrogens is 2. The number of ether oxygens (including phenoxy) is 2. The lowest BCUT2D eigenvalue weighted by molar-refractivity contribution is 0.355. The summed E-state index contributed by atoms with van der Waals surface area (Å²) in [5.74, 6) is 1.38. The van der Waals surface area contributed by atoms with Crippen molar-refractivity contribution < 1.29 is 9.47 Å². The number of benzene rings is 2. The maximum Gasteiger partial charge on any atom is 0.209 e. The third-order valence-electron chi connectivity index (χ3n) is 4.11. The Balaban J connectivity index is 1.60. The minimum Gasteiger partial charge on any atom is -0.493 e. The Hall–Kier alpha value is -3.12. The molecule has 0 saturated carbocycles. The summed E-state index contributed by atoms with van der Waals surface area (Å²) < 4.78 is 10.6. The van der Waals surface area contributed by atoms with Gasteiger partial charge in [0.1, 0.15) is 0 Å². The standard InChI is InChI=1S/C20H17N3O2S/c1-24-18-8-7-13(9-19(18)25-2)17-12-26-20(23-17)22-11-14-10-21-16-6-4-3-5-15(14)16/h3-12,21H,1-2H3. The highest BCUT2D eigenvalue weighted by molar-refractivity contribution is 7.13. The van der Waals surface area contributed by atoms with E-state index in [1.165, 1.54) is 11.3 Å². The van der Waals surface area contributed by atoms with E-state index in [-0.39, 0.29) is 0 Å². The van der Waals surface area contributed by atoms with Crippen molar-refractivity contribution in [3.05, 3.63) is 59.6 Å². The van der Waals surface area contributed by atoms with Crippen LogP contribution in [0.2, 0.25) is 0 Å². The van der Waals surface area contributed by atoms with Crippen molar-refractivity contribution in [3.63, 3.8) is 0 Å². The molecule has 0 aliphatic rings. The minimum absolute atomic E-state index is 0.682. The van der Waals surface area contributed by atoms with Crippen LogP contribution in [0.4, 0.5) is 5.13 Å². The number of methoxy groups -OCH3 is 2. The zero-order valence-corrected chi connectivity index (χ0v) is 15.2. The van der Waals surface area contributed by atoms with E-state index < -0.39 is 0 Å². The van der Waals surface area contributed by atoms with Crippen LogP contribution in [0.15, 0.2) is 59.0 Å². The van der Waals surface area contributed by atoms with Crippen LogP contribution in [0.1, 0.15) is 5.56 Å². The Kier molecular flexibility index (Phi) is 4.41. The van der Waals surface area contributed by atoms with E-state index in [4.69, 9.17) is 9.47 Å². The summed E-state index contributed by atoms with van der Waals surface area (Å²) in [6, 6.07) is 13.9. The lowest BCUT2D eigenvalue weighted by Crippen LogP contribution is -1.90. The fraction of sp³-hybridized carbons (Fsp3) is 0.100. The summed E-state index contributed by atoms with van der Waals surface area (Å²) in [4.78, 5) is 12.4.